The lowest BCUT2D eigenvalue weighted by Crippen LogP contribution is -2.48. The zero-order valence-corrected chi connectivity index (χ0v) is 24.9. The summed E-state index contributed by atoms with van der Waals surface area (Å²) in [7, 11) is 0. The summed E-state index contributed by atoms with van der Waals surface area (Å²) in [6, 6.07) is 9.09. The van der Waals surface area contributed by atoms with Crippen LogP contribution >= 0.6 is 0 Å². The van der Waals surface area contributed by atoms with Gasteiger partial charge in [-0.05, 0) is 39.3 Å². The van der Waals surface area contributed by atoms with Crippen molar-refractivity contribution in [2.24, 2.45) is 0 Å². The number of piperidine rings is 1. The van der Waals surface area contributed by atoms with Gasteiger partial charge in [0.2, 0.25) is 5.43 Å². The van der Waals surface area contributed by atoms with Crippen molar-refractivity contribution in [3.63, 3.8) is 0 Å². The van der Waals surface area contributed by atoms with Gasteiger partial charge in [0.25, 0.3) is 0 Å². The van der Waals surface area contributed by atoms with Crippen molar-refractivity contribution in [2.75, 3.05) is 19.7 Å². The number of likely N-dealkylation sites (tertiary alicyclic amines) is 1. The first kappa shape index (κ1) is 29.9. The van der Waals surface area contributed by atoms with Crippen molar-refractivity contribution in [1.29, 1.82) is 0 Å². The molecule has 1 aliphatic heterocycles. The molecule has 5 rings (SSSR count). The maximum Gasteiger partial charge on any atom is 0.410 e. The van der Waals surface area contributed by atoms with E-state index in [1.54, 1.807) is 42.5 Å². The van der Waals surface area contributed by atoms with E-state index in [0.717, 1.165) is 23.4 Å². The molecule has 43 heavy (non-hydrogen) atoms. The number of carbonyl (C=O) groups excluding carboxylic acids is 1. The molecule has 1 saturated heterocycles. The predicted octanol–water partition coefficient (Wildman–Crippen LogP) is 4.61. The molecule has 0 unspecified atom stereocenters. The maximum absolute atomic E-state index is 15.4. The van der Waals surface area contributed by atoms with E-state index in [9.17, 15) is 9.59 Å². The molecule has 0 spiro atoms. The summed E-state index contributed by atoms with van der Waals surface area (Å²) >= 11 is 0. The Bertz CT molecular complexity index is 1620. The van der Waals surface area contributed by atoms with Gasteiger partial charge in [0.05, 0.1) is 24.8 Å². The van der Waals surface area contributed by atoms with Gasteiger partial charge in [0.1, 0.15) is 29.3 Å². The second kappa shape index (κ2) is 12.3. The van der Waals surface area contributed by atoms with Gasteiger partial charge >= 0.3 is 6.09 Å². The average molecular weight is 590 g/mol. The van der Waals surface area contributed by atoms with Gasteiger partial charge in [0.15, 0.2) is 11.6 Å². The van der Waals surface area contributed by atoms with Gasteiger partial charge in [-0.1, -0.05) is 18.2 Å². The van der Waals surface area contributed by atoms with E-state index < -0.39 is 17.4 Å². The number of aromatic nitrogens is 6. The number of benzene rings is 1. The third-order valence-electron chi connectivity index (χ3n) is 7.08. The first-order valence-corrected chi connectivity index (χ1v) is 14.3. The molecule has 1 fully saturated rings. The average Bonchev–Trinajstić information content (AvgIpc) is 3.47. The summed E-state index contributed by atoms with van der Waals surface area (Å²) in [5.74, 6) is 0.826. The van der Waals surface area contributed by atoms with Crippen molar-refractivity contribution in [2.45, 2.75) is 64.8 Å². The monoisotopic (exact) mass is 589 g/mol. The molecule has 4 heterocycles. The summed E-state index contributed by atoms with van der Waals surface area (Å²) in [4.78, 5) is 35.2. The van der Waals surface area contributed by atoms with Crippen molar-refractivity contribution in [3.05, 3.63) is 82.8 Å². The lowest BCUT2D eigenvalue weighted by Gasteiger charge is -2.36. The molecule has 0 radical (unpaired) electrons. The number of carbonyl (C=O) groups is 1. The van der Waals surface area contributed by atoms with Crippen molar-refractivity contribution in [3.8, 4) is 22.8 Å². The minimum Gasteiger partial charge on any atom is -0.487 e. The van der Waals surface area contributed by atoms with E-state index in [0.29, 0.717) is 23.7 Å². The number of rotatable bonds is 8. The van der Waals surface area contributed by atoms with Gasteiger partial charge in [-0.2, -0.15) is 10.2 Å². The molecule has 11 nitrogen and oxygen atoms in total. The summed E-state index contributed by atoms with van der Waals surface area (Å²) in [6.45, 7) is 8.51. The SMILES string of the molecule is CCn1cc(-n2ccc(=O)c(Cc3cccc(-c4ncc(OCC5(F)CCN(C(=O)OC(C)(C)C)CC5)cn4)c3)n2)cn1. The highest BCUT2D eigenvalue weighted by molar-refractivity contribution is 5.68. The number of amides is 1. The zero-order chi connectivity index (χ0) is 30.6. The van der Waals surface area contributed by atoms with Crippen LogP contribution in [0.4, 0.5) is 9.18 Å². The number of ether oxygens (including phenoxy) is 2. The van der Waals surface area contributed by atoms with Gasteiger partial charge < -0.3 is 14.4 Å². The molecular formula is C31H36FN7O4. The van der Waals surface area contributed by atoms with Gasteiger partial charge in [0, 0.05) is 56.7 Å². The van der Waals surface area contributed by atoms with E-state index in [1.807, 2.05) is 37.4 Å². The Balaban J connectivity index is 1.19. The molecule has 0 bridgehead atoms. The molecule has 0 saturated carbocycles. The van der Waals surface area contributed by atoms with E-state index >= 15 is 4.39 Å². The third-order valence-corrected chi connectivity index (χ3v) is 7.08. The molecular weight excluding hydrogens is 553 g/mol. The molecule has 0 atom stereocenters. The Labute approximate surface area is 249 Å². The minimum atomic E-state index is -1.56. The minimum absolute atomic E-state index is 0.150. The van der Waals surface area contributed by atoms with Crippen LogP contribution in [0.3, 0.4) is 0 Å². The number of nitrogens with zero attached hydrogens (tertiary/aromatic N) is 7. The quantitative estimate of drug-likeness (QED) is 0.292. The van der Waals surface area contributed by atoms with Crippen LogP contribution in [0.25, 0.3) is 17.1 Å². The largest absolute Gasteiger partial charge is 0.487 e. The summed E-state index contributed by atoms with van der Waals surface area (Å²) < 4.78 is 29.9. The van der Waals surface area contributed by atoms with E-state index in [1.165, 1.54) is 23.4 Å². The Morgan fingerprint density at radius 2 is 1.84 bits per heavy atom. The highest BCUT2D eigenvalue weighted by Gasteiger charge is 2.38. The highest BCUT2D eigenvalue weighted by atomic mass is 19.1. The third kappa shape index (κ3) is 7.62. The van der Waals surface area contributed by atoms with Crippen LogP contribution in [0, 0.1) is 0 Å². The molecule has 0 N–H and O–H groups in total. The number of hydrogen-bond acceptors (Lipinski definition) is 8. The molecule has 1 aliphatic rings. The number of halogens is 1. The zero-order valence-electron chi connectivity index (χ0n) is 24.9. The summed E-state index contributed by atoms with van der Waals surface area (Å²) in [5.41, 5.74) is 0.519. The Morgan fingerprint density at radius 3 is 2.51 bits per heavy atom. The summed E-state index contributed by atoms with van der Waals surface area (Å²) in [5, 5.41) is 8.81. The number of hydrogen-bond donors (Lipinski definition) is 0. The van der Waals surface area contributed by atoms with Crippen LogP contribution in [0.15, 0.2) is 66.1 Å². The lowest BCUT2D eigenvalue weighted by molar-refractivity contribution is -0.00922. The van der Waals surface area contributed by atoms with Crippen molar-refractivity contribution < 1.29 is 18.7 Å². The van der Waals surface area contributed by atoms with Gasteiger partial charge in [-0.3, -0.25) is 9.48 Å². The Morgan fingerprint density at radius 1 is 1.09 bits per heavy atom. The Hall–Kier alpha value is -4.61. The number of alkyl halides is 1. The van der Waals surface area contributed by atoms with Crippen LogP contribution in [0.5, 0.6) is 5.75 Å². The summed E-state index contributed by atoms with van der Waals surface area (Å²) in [6.07, 6.45) is 8.46. The molecule has 0 aliphatic carbocycles. The van der Waals surface area contributed by atoms with E-state index in [-0.39, 0.29) is 38.0 Å². The van der Waals surface area contributed by atoms with E-state index in [4.69, 9.17) is 9.47 Å². The molecule has 4 aromatic rings. The van der Waals surface area contributed by atoms with Crippen LogP contribution in [0.2, 0.25) is 0 Å². The van der Waals surface area contributed by atoms with Crippen LogP contribution in [0.1, 0.15) is 51.8 Å². The Kier molecular flexibility index (Phi) is 8.56. The first-order valence-electron chi connectivity index (χ1n) is 14.3. The standard InChI is InChI=1S/C31H36FN7O4/c1-5-38-20-24(17-35-38)39-12-9-27(40)26(36-39)16-22-7-6-8-23(15-22)28-33-18-25(19-34-28)42-21-31(32)10-13-37(14-11-31)29(41)43-30(2,3)4/h6-9,12,15,17-20H,5,10-11,13-14,16,21H2,1-4H3. The normalized spacial score (nSPS) is 14.9. The highest BCUT2D eigenvalue weighted by Crippen LogP contribution is 2.29. The van der Waals surface area contributed by atoms with Crippen LogP contribution < -0.4 is 10.2 Å². The number of aryl methyl sites for hydroxylation is 1. The van der Waals surface area contributed by atoms with Crippen molar-refractivity contribution in [1.82, 2.24) is 34.4 Å². The van der Waals surface area contributed by atoms with Gasteiger partial charge in [-0.25, -0.2) is 23.8 Å². The molecule has 1 aromatic carbocycles. The van der Waals surface area contributed by atoms with Gasteiger partial charge in [-0.15, -0.1) is 0 Å². The van der Waals surface area contributed by atoms with E-state index in [2.05, 4.69) is 20.2 Å². The predicted molar refractivity (Wildman–Crippen MR) is 158 cm³/mol. The van der Waals surface area contributed by atoms with Crippen LogP contribution in [-0.4, -0.2) is 71.5 Å². The molecule has 1 amide bonds. The fourth-order valence-electron chi connectivity index (χ4n) is 4.68. The second-order valence-corrected chi connectivity index (χ2v) is 11.7. The van der Waals surface area contributed by atoms with Crippen LogP contribution in [-0.2, 0) is 17.7 Å². The molecule has 3 aromatic heterocycles. The topological polar surface area (TPSA) is 117 Å². The lowest BCUT2D eigenvalue weighted by atomic mass is 9.94. The fourth-order valence-corrected chi connectivity index (χ4v) is 4.68. The second-order valence-electron chi connectivity index (χ2n) is 11.7. The first-order chi connectivity index (χ1) is 20.5. The maximum atomic E-state index is 15.4. The van der Waals surface area contributed by atoms with Crippen molar-refractivity contribution >= 4 is 6.09 Å². The molecule has 226 valence electrons. The molecule has 12 heteroatoms. The fraction of sp³-hybridized carbons (Fsp3) is 0.419. The smallest absolute Gasteiger partial charge is 0.410 e.